The van der Waals surface area contributed by atoms with E-state index in [1.807, 2.05) is 38.1 Å². The minimum absolute atomic E-state index is 0.101. The van der Waals surface area contributed by atoms with Crippen LogP contribution in [0.3, 0.4) is 0 Å². The van der Waals surface area contributed by atoms with Gasteiger partial charge in [0.25, 0.3) is 5.91 Å². The first-order chi connectivity index (χ1) is 9.10. The number of guanidine groups is 1. The fourth-order valence-electron chi connectivity index (χ4n) is 2.00. The number of carbonyl (C=O) groups is 1. The molecular weight excluding hydrogens is 242 g/mol. The van der Waals surface area contributed by atoms with Crippen LogP contribution >= 0.6 is 0 Å². The van der Waals surface area contributed by atoms with Gasteiger partial charge in [-0.3, -0.25) is 15.1 Å². The second kappa shape index (κ2) is 5.30. The van der Waals surface area contributed by atoms with E-state index in [2.05, 4.69) is 15.6 Å². The van der Waals surface area contributed by atoms with E-state index in [1.165, 1.54) is 0 Å². The molecule has 1 heterocycles. The van der Waals surface area contributed by atoms with Crippen LogP contribution in [0, 0.1) is 0 Å². The summed E-state index contributed by atoms with van der Waals surface area (Å²) in [6, 6.07) is 7.48. The quantitative estimate of drug-likeness (QED) is 0.861. The Bertz CT molecular complexity index is 513. The molecule has 2 N–H and O–H groups in total. The van der Waals surface area contributed by atoms with Crippen LogP contribution in [0.25, 0.3) is 0 Å². The molecule has 0 radical (unpaired) electrons. The first-order valence-corrected chi connectivity index (χ1v) is 6.38. The lowest BCUT2D eigenvalue weighted by molar-refractivity contribution is -0.123. The Hall–Kier alpha value is -2.04. The second-order valence-electron chi connectivity index (χ2n) is 4.67. The number of methoxy groups -OCH3 is 1. The molecule has 0 saturated carbocycles. The van der Waals surface area contributed by atoms with E-state index in [-0.39, 0.29) is 5.91 Å². The SMILES string of the molecule is CCCN=C1NC(=O)C(C)(c2cccc(OC)c2)N1. The average molecular weight is 261 g/mol. The summed E-state index contributed by atoms with van der Waals surface area (Å²) in [6.45, 7) is 4.57. The summed E-state index contributed by atoms with van der Waals surface area (Å²) >= 11 is 0. The summed E-state index contributed by atoms with van der Waals surface area (Å²) in [5.41, 5.74) is 0.0484. The summed E-state index contributed by atoms with van der Waals surface area (Å²) in [4.78, 5) is 16.5. The lowest BCUT2D eigenvalue weighted by Gasteiger charge is -2.22. The molecule has 1 amide bonds. The number of ether oxygens (including phenoxy) is 1. The highest BCUT2D eigenvalue weighted by molar-refractivity contribution is 6.09. The van der Waals surface area contributed by atoms with Crippen molar-refractivity contribution in [3.63, 3.8) is 0 Å². The summed E-state index contributed by atoms with van der Waals surface area (Å²) in [6.07, 6.45) is 0.941. The Balaban J connectivity index is 2.29. The van der Waals surface area contributed by atoms with E-state index in [4.69, 9.17) is 4.74 Å². The zero-order valence-electron chi connectivity index (χ0n) is 11.5. The van der Waals surface area contributed by atoms with Gasteiger partial charge in [0.1, 0.15) is 11.3 Å². The summed E-state index contributed by atoms with van der Waals surface area (Å²) in [5.74, 6) is 1.17. The minimum atomic E-state index is -0.804. The lowest BCUT2D eigenvalue weighted by Crippen LogP contribution is -2.40. The summed E-state index contributed by atoms with van der Waals surface area (Å²) in [5, 5.41) is 5.93. The molecule has 1 saturated heterocycles. The van der Waals surface area contributed by atoms with E-state index in [1.54, 1.807) is 7.11 Å². The van der Waals surface area contributed by atoms with Gasteiger partial charge >= 0.3 is 0 Å². The maximum atomic E-state index is 12.2. The third kappa shape index (κ3) is 2.54. The third-order valence-electron chi connectivity index (χ3n) is 3.20. The monoisotopic (exact) mass is 261 g/mol. The molecular formula is C14H19N3O2. The van der Waals surface area contributed by atoms with Gasteiger partial charge in [0, 0.05) is 6.54 Å². The van der Waals surface area contributed by atoms with Crippen molar-refractivity contribution in [2.24, 2.45) is 4.99 Å². The molecule has 5 nitrogen and oxygen atoms in total. The number of nitrogens with one attached hydrogen (secondary N) is 2. The molecule has 19 heavy (non-hydrogen) atoms. The third-order valence-corrected chi connectivity index (χ3v) is 3.20. The Morgan fingerprint density at radius 1 is 1.42 bits per heavy atom. The van der Waals surface area contributed by atoms with E-state index in [9.17, 15) is 4.79 Å². The number of amides is 1. The number of rotatable bonds is 4. The van der Waals surface area contributed by atoms with Gasteiger partial charge in [0.05, 0.1) is 7.11 Å². The number of nitrogens with zero attached hydrogens (tertiary/aromatic N) is 1. The average Bonchev–Trinajstić information content (AvgIpc) is 2.73. The zero-order chi connectivity index (χ0) is 13.9. The zero-order valence-corrected chi connectivity index (χ0v) is 11.5. The Kier molecular flexibility index (Phi) is 3.74. The molecule has 1 aromatic rings. The molecule has 1 aromatic carbocycles. The van der Waals surface area contributed by atoms with Crippen molar-refractivity contribution in [1.82, 2.24) is 10.6 Å². The predicted molar refractivity (Wildman–Crippen MR) is 74.2 cm³/mol. The highest BCUT2D eigenvalue weighted by Gasteiger charge is 2.42. The normalized spacial score (nSPS) is 24.2. The number of aliphatic imine (C=N–C) groups is 1. The van der Waals surface area contributed by atoms with Crippen molar-refractivity contribution in [2.45, 2.75) is 25.8 Å². The fourth-order valence-corrected chi connectivity index (χ4v) is 2.00. The number of benzene rings is 1. The van der Waals surface area contributed by atoms with Crippen molar-refractivity contribution >= 4 is 11.9 Å². The molecule has 1 aliphatic rings. The van der Waals surface area contributed by atoms with Crippen LogP contribution in [0.2, 0.25) is 0 Å². The first kappa shape index (κ1) is 13.4. The number of carbonyl (C=O) groups excluding carboxylic acids is 1. The van der Waals surface area contributed by atoms with E-state index < -0.39 is 5.54 Å². The molecule has 1 aliphatic heterocycles. The Morgan fingerprint density at radius 2 is 2.21 bits per heavy atom. The van der Waals surface area contributed by atoms with E-state index in [0.29, 0.717) is 12.5 Å². The van der Waals surface area contributed by atoms with Crippen molar-refractivity contribution in [3.05, 3.63) is 29.8 Å². The predicted octanol–water partition coefficient (Wildman–Crippen LogP) is 1.40. The van der Waals surface area contributed by atoms with Crippen LogP contribution in [-0.2, 0) is 10.3 Å². The van der Waals surface area contributed by atoms with Gasteiger partial charge in [0.15, 0.2) is 5.96 Å². The molecule has 0 spiro atoms. The van der Waals surface area contributed by atoms with Crippen LogP contribution in [0.4, 0.5) is 0 Å². The number of hydrogen-bond donors (Lipinski definition) is 2. The van der Waals surface area contributed by atoms with Crippen LogP contribution in [0.15, 0.2) is 29.3 Å². The molecule has 1 fully saturated rings. The molecule has 0 bridgehead atoms. The molecule has 1 unspecified atom stereocenters. The first-order valence-electron chi connectivity index (χ1n) is 6.38. The maximum absolute atomic E-state index is 12.2. The Morgan fingerprint density at radius 3 is 2.89 bits per heavy atom. The van der Waals surface area contributed by atoms with Gasteiger partial charge < -0.3 is 10.1 Å². The lowest BCUT2D eigenvalue weighted by atomic mass is 9.92. The highest BCUT2D eigenvalue weighted by atomic mass is 16.5. The molecule has 1 atom stereocenters. The molecule has 5 heteroatoms. The maximum Gasteiger partial charge on any atom is 0.256 e. The van der Waals surface area contributed by atoms with Gasteiger partial charge in [-0.15, -0.1) is 0 Å². The molecule has 0 aliphatic carbocycles. The van der Waals surface area contributed by atoms with Crippen molar-refractivity contribution in [1.29, 1.82) is 0 Å². The van der Waals surface area contributed by atoms with Crippen molar-refractivity contribution in [3.8, 4) is 5.75 Å². The molecule has 0 aromatic heterocycles. The van der Waals surface area contributed by atoms with Gasteiger partial charge in [-0.25, -0.2) is 0 Å². The van der Waals surface area contributed by atoms with Crippen LogP contribution in [0.5, 0.6) is 5.75 Å². The van der Waals surface area contributed by atoms with Gasteiger partial charge in [-0.2, -0.15) is 0 Å². The summed E-state index contributed by atoms with van der Waals surface area (Å²) in [7, 11) is 1.61. The van der Waals surface area contributed by atoms with Gasteiger partial charge in [-0.1, -0.05) is 19.1 Å². The largest absolute Gasteiger partial charge is 0.497 e. The topological polar surface area (TPSA) is 62.7 Å². The van der Waals surface area contributed by atoms with E-state index in [0.717, 1.165) is 17.7 Å². The van der Waals surface area contributed by atoms with E-state index >= 15 is 0 Å². The molecule has 102 valence electrons. The van der Waals surface area contributed by atoms with Crippen molar-refractivity contribution < 1.29 is 9.53 Å². The number of hydrogen-bond acceptors (Lipinski definition) is 3. The highest BCUT2D eigenvalue weighted by Crippen LogP contribution is 2.27. The second-order valence-corrected chi connectivity index (χ2v) is 4.67. The fraction of sp³-hybridized carbons (Fsp3) is 0.429. The minimum Gasteiger partial charge on any atom is -0.497 e. The van der Waals surface area contributed by atoms with Crippen molar-refractivity contribution in [2.75, 3.05) is 13.7 Å². The molecule has 2 rings (SSSR count). The van der Waals surface area contributed by atoms with Gasteiger partial charge in [-0.05, 0) is 31.0 Å². The van der Waals surface area contributed by atoms with Crippen LogP contribution < -0.4 is 15.4 Å². The standard InChI is InChI=1S/C14H19N3O2/c1-4-8-15-13-16-12(18)14(2,17-13)10-6-5-7-11(9-10)19-3/h5-7,9H,4,8H2,1-3H3,(H2,15,16,17,18). The van der Waals surface area contributed by atoms with Crippen LogP contribution in [-0.4, -0.2) is 25.5 Å². The summed E-state index contributed by atoms with van der Waals surface area (Å²) < 4.78 is 5.20. The van der Waals surface area contributed by atoms with Crippen LogP contribution in [0.1, 0.15) is 25.8 Å². The van der Waals surface area contributed by atoms with Gasteiger partial charge in [0.2, 0.25) is 0 Å². The Labute approximate surface area is 113 Å². The smallest absolute Gasteiger partial charge is 0.256 e.